The number of likely N-dealkylation sites (tertiary alicyclic amines) is 1. The fourth-order valence-electron chi connectivity index (χ4n) is 2.46. The molecule has 2 aliphatic rings. The van der Waals surface area contributed by atoms with Crippen LogP contribution in [-0.2, 0) is 4.74 Å². The lowest BCUT2D eigenvalue weighted by Gasteiger charge is -2.39. The third-order valence-corrected chi connectivity index (χ3v) is 3.52. The molecule has 2 heterocycles. The van der Waals surface area contributed by atoms with E-state index in [1.54, 1.807) is 7.11 Å². The molecule has 2 saturated heterocycles. The summed E-state index contributed by atoms with van der Waals surface area (Å²) in [7, 11) is 1.78. The zero-order chi connectivity index (χ0) is 10.7. The highest BCUT2D eigenvalue weighted by molar-refractivity contribution is 4.82. The molecule has 0 aromatic rings. The number of nitrogens with zero attached hydrogens (tertiary/aromatic N) is 2. The van der Waals surface area contributed by atoms with E-state index < -0.39 is 0 Å². The highest BCUT2D eigenvalue weighted by Gasteiger charge is 2.29. The zero-order valence-electron chi connectivity index (χ0n) is 9.43. The number of ether oxygens (including phenoxy) is 1. The van der Waals surface area contributed by atoms with Gasteiger partial charge in [-0.25, -0.2) is 5.32 Å². The van der Waals surface area contributed by atoms with E-state index in [2.05, 4.69) is 10.2 Å². The van der Waals surface area contributed by atoms with Crippen molar-refractivity contribution in [2.75, 3.05) is 26.7 Å². The van der Waals surface area contributed by atoms with Crippen molar-refractivity contribution < 1.29 is 9.84 Å². The number of hydrogen-bond acceptors (Lipinski definition) is 3. The van der Waals surface area contributed by atoms with E-state index in [4.69, 9.17) is 4.74 Å². The predicted octanol–water partition coefficient (Wildman–Crippen LogP) is 0.182. The van der Waals surface area contributed by atoms with Gasteiger partial charge in [0.15, 0.2) is 0 Å². The van der Waals surface area contributed by atoms with Crippen LogP contribution in [0.25, 0.3) is 0 Å². The number of aliphatic hydroxyl groups is 1. The number of methoxy groups -OCH3 is 1. The summed E-state index contributed by atoms with van der Waals surface area (Å²) in [4.78, 5) is 2.39. The first-order chi connectivity index (χ1) is 7.29. The van der Waals surface area contributed by atoms with Gasteiger partial charge in [0.05, 0.1) is 18.4 Å². The Morgan fingerprint density at radius 3 is 2.67 bits per heavy atom. The maximum absolute atomic E-state index is 9.44. The van der Waals surface area contributed by atoms with E-state index in [9.17, 15) is 5.11 Å². The molecule has 2 unspecified atom stereocenters. The molecule has 2 atom stereocenters. The Morgan fingerprint density at radius 1 is 1.27 bits per heavy atom. The van der Waals surface area contributed by atoms with Gasteiger partial charge in [0.25, 0.3) is 0 Å². The highest BCUT2D eigenvalue weighted by Crippen LogP contribution is 2.20. The van der Waals surface area contributed by atoms with Crippen LogP contribution in [-0.4, -0.2) is 55.1 Å². The van der Waals surface area contributed by atoms with Crippen LogP contribution < -0.4 is 5.32 Å². The van der Waals surface area contributed by atoms with E-state index >= 15 is 0 Å². The molecule has 4 nitrogen and oxygen atoms in total. The molecule has 0 aromatic heterocycles. The molecule has 1 N–H and O–H groups in total. The summed E-state index contributed by atoms with van der Waals surface area (Å²) >= 11 is 0. The monoisotopic (exact) mass is 213 g/mol. The quantitative estimate of drug-likeness (QED) is 0.712. The van der Waals surface area contributed by atoms with E-state index in [0.717, 1.165) is 45.3 Å². The van der Waals surface area contributed by atoms with Crippen molar-refractivity contribution >= 4 is 0 Å². The Labute approximate surface area is 91.6 Å². The van der Waals surface area contributed by atoms with Gasteiger partial charge in [-0.2, -0.15) is 0 Å². The van der Waals surface area contributed by atoms with Crippen molar-refractivity contribution in [1.82, 2.24) is 10.2 Å². The second kappa shape index (κ2) is 5.25. The SMILES string of the molecule is COC1CC[N]C(N2CCC(O)CC2)C1. The molecule has 1 radical (unpaired) electrons. The van der Waals surface area contributed by atoms with E-state index in [1.807, 2.05) is 0 Å². The van der Waals surface area contributed by atoms with Gasteiger partial charge in [-0.05, 0) is 19.3 Å². The Bertz CT molecular complexity index is 193. The topological polar surface area (TPSA) is 46.8 Å². The molecule has 0 aliphatic carbocycles. The first-order valence-corrected chi connectivity index (χ1v) is 5.91. The minimum atomic E-state index is -0.0944. The van der Waals surface area contributed by atoms with Crippen LogP contribution in [0, 0.1) is 0 Å². The molecule has 2 fully saturated rings. The Morgan fingerprint density at radius 2 is 2.00 bits per heavy atom. The minimum absolute atomic E-state index is 0.0944. The minimum Gasteiger partial charge on any atom is -0.393 e. The normalized spacial score (nSPS) is 35.6. The first kappa shape index (κ1) is 11.3. The molecule has 0 amide bonds. The second-order valence-corrected chi connectivity index (χ2v) is 4.54. The van der Waals surface area contributed by atoms with Crippen molar-refractivity contribution in [2.45, 2.75) is 44.1 Å². The molecular formula is C11H21N2O2. The maximum Gasteiger partial charge on any atom is 0.0785 e. The van der Waals surface area contributed by atoms with Crippen molar-refractivity contribution in [3.05, 3.63) is 0 Å². The predicted molar refractivity (Wildman–Crippen MR) is 57.6 cm³/mol. The summed E-state index contributed by atoms with van der Waals surface area (Å²) in [6.07, 6.45) is 4.47. The van der Waals surface area contributed by atoms with Gasteiger partial charge in [0.2, 0.25) is 0 Å². The van der Waals surface area contributed by atoms with Gasteiger partial charge in [-0.1, -0.05) is 0 Å². The lowest BCUT2D eigenvalue weighted by Crippen LogP contribution is -2.51. The van der Waals surface area contributed by atoms with Crippen LogP contribution in [0.4, 0.5) is 0 Å². The third kappa shape index (κ3) is 2.91. The van der Waals surface area contributed by atoms with Crippen LogP contribution in [0.1, 0.15) is 25.7 Å². The standard InChI is InChI=1S/C11H21N2O2/c1-15-10-2-5-12-11(8-10)13-6-3-9(14)4-7-13/h9-11,14H,2-8H2,1H3. The molecule has 0 spiro atoms. The van der Waals surface area contributed by atoms with E-state index in [-0.39, 0.29) is 6.10 Å². The van der Waals surface area contributed by atoms with E-state index in [0.29, 0.717) is 12.3 Å². The van der Waals surface area contributed by atoms with Gasteiger partial charge in [-0.3, -0.25) is 4.90 Å². The molecule has 87 valence electrons. The second-order valence-electron chi connectivity index (χ2n) is 4.54. The Hall–Kier alpha value is -0.160. The number of hydrogen-bond donors (Lipinski definition) is 1. The molecule has 2 aliphatic heterocycles. The molecular weight excluding hydrogens is 192 g/mol. The molecule has 0 saturated carbocycles. The van der Waals surface area contributed by atoms with Crippen LogP contribution >= 0.6 is 0 Å². The number of aliphatic hydroxyl groups excluding tert-OH is 1. The lowest BCUT2D eigenvalue weighted by molar-refractivity contribution is -0.00398. The van der Waals surface area contributed by atoms with Gasteiger partial charge < -0.3 is 9.84 Å². The molecule has 15 heavy (non-hydrogen) atoms. The van der Waals surface area contributed by atoms with Crippen LogP contribution in [0.5, 0.6) is 0 Å². The molecule has 2 rings (SSSR count). The Kier molecular flexibility index (Phi) is 3.97. The van der Waals surface area contributed by atoms with Crippen LogP contribution in [0.15, 0.2) is 0 Å². The smallest absolute Gasteiger partial charge is 0.0785 e. The highest BCUT2D eigenvalue weighted by atomic mass is 16.5. The first-order valence-electron chi connectivity index (χ1n) is 5.91. The third-order valence-electron chi connectivity index (χ3n) is 3.52. The largest absolute Gasteiger partial charge is 0.393 e. The summed E-state index contributed by atoms with van der Waals surface area (Å²) in [6, 6.07) is 0. The summed E-state index contributed by atoms with van der Waals surface area (Å²) < 4.78 is 5.40. The summed E-state index contributed by atoms with van der Waals surface area (Å²) in [5, 5.41) is 14.1. The average molecular weight is 213 g/mol. The van der Waals surface area contributed by atoms with E-state index in [1.165, 1.54) is 0 Å². The van der Waals surface area contributed by atoms with Crippen molar-refractivity contribution in [1.29, 1.82) is 0 Å². The maximum atomic E-state index is 9.44. The van der Waals surface area contributed by atoms with Crippen LogP contribution in [0.2, 0.25) is 0 Å². The van der Waals surface area contributed by atoms with Gasteiger partial charge in [0, 0.05) is 33.2 Å². The fourth-order valence-corrected chi connectivity index (χ4v) is 2.46. The molecule has 4 heteroatoms. The van der Waals surface area contributed by atoms with Gasteiger partial charge >= 0.3 is 0 Å². The van der Waals surface area contributed by atoms with Gasteiger partial charge in [0.1, 0.15) is 0 Å². The summed E-state index contributed by atoms with van der Waals surface area (Å²) in [5.74, 6) is 0. The zero-order valence-corrected chi connectivity index (χ0v) is 9.43. The van der Waals surface area contributed by atoms with Crippen molar-refractivity contribution in [2.24, 2.45) is 0 Å². The number of rotatable bonds is 2. The summed E-state index contributed by atoms with van der Waals surface area (Å²) in [6.45, 7) is 2.87. The van der Waals surface area contributed by atoms with Crippen LogP contribution in [0.3, 0.4) is 0 Å². The average Bonchev–Trinajstić information content (AvgIpc) is 2.30. The lowest BCUT2D eigenvalue weighted by atomic mass is 10.0. The van der Waals surface area contributed by atoms with Crippen molar-refractivity contribution in [3.63, 3.8) is 0 Å². The van der Waals surface area contributed by atoms with Crippen molar-refractivity contribution in [3.8, 4) is 0 Å². The fraction of sp³-hybridized carbons (Fsp3) is 1.00. The summed E-state index contributed by atoms with van der Waals surface area (Å²) in [5.41, 5.74) is 0. The van der Waals surface area contributed by atoms with Gasteiger partial charge in [-0.15, -0.1) is 0 Å². The Balaban J connectivity index is 1.82. The molecule has 0 bridgehead atoms. The number of piperidine rings is 2. The molecule has 0 aromatic carbocycles.